The highest BCUT2D eigenvalue weighted by Crippen LogP contribution is 2.36. The molecule has 4 nitrogen and oxygen atoms in total. The lowest BCUT2D eigenvalue weighted by Gasteiger charge is -2.22. The van der Waals surface area contributed by atoms with Gasteiger partial charge in [-0.15, -0.1) is 12.4 Å². The Morgan fingerprint density at radius 3 is 2.26 bits per heavy atom. The van der Waals surface area contributed by atoms with Crippen LogP contribution < -0.4 is 16.0 Å². The van der Waals surface area contributed by atoms with Crippen molar-refractivity contribution in [2.75, 3.05) is 6.61 Å². The van der Waals surface area contributed by atoms with E-state index < -0.39 is 0 Å². The van der Waals surface area contributed by atoms with Crippen LogP contribution in [0.5, 0.6) is 5.75 Å². The maximum absolute atomic E-state index is 12.9. The molecular formula is C20H29Cl3N2O2. The Kier molecular flexibility index (Phi) is 9.96. The third-order valence-electron chi connectivity index (χ3n) is 4.65. The topological polar surface area (TPSA) is 57.2 Å². The molecule has 0 saturated carbocycles. The quantitative estimate of drug-likeness (QED) is 0.489. The lowest BCUT2D eigenvalue weighted by molar-refractivity contribution is 0.303. The lowest BCUT2D eigenvalue weighted by atomic mass is 10.0. The minimum atomic E-state index is -0.269. The van der Waals surface area contributed by atoms with E-state index in [-0.39, 0.29) is 24.0 Å². The van der Waals surface area contributed by atoms with Gasteiger partial charge in [-0.1, -0.05) is 62.7 Å². The normalized spacial score (nSPS) is 12.1. The molecule has 0 bridgehead atoms. The highest BCUT2D eigenvalue weighted by Gasteiger charge is 2.22. The van der Waals surface area contributed by atoms with E-state index in [1.54, 1.807) is 23.7 Å². The summed E-state index contributed by atoms with van der Waals surface area (Å²) in [6.45, 7) is 4.83. The number of halogens is 3. The molecule has 1 aromatic carbocycles. The molecule has 1 aromatic heterocycles. The van der Waals surface area contributed by atoms with Crippen LogP contribution in [0.4, 0.5) is 0 Å². The zero-order valence-corrected chi connectivity index (χ0v) is 18.5. The molecule has 2 aromatic rings. The van der Waals surface area contributed by atoms with Crippen LogP contribution in [0.1, 0.15) is 64.1 Å². The van der Waals surface area contributed by atoms with Gasteiger partial charge in [-0.25, -0.2) is 0 Å². The summed E-state index contributed by atoms with van der Waals surface area (Å²) in [7, 11) is 1.74. The number of unbranched alkanes of at least 4 members (excludes halogenated alkanes) is 3. The summed E-state index contributed by atoms with van der Waals surface area (Å²) in [4.78, 5) is 12.9. The van der Waals surface area contributed by atoms with Crippen LogP contribution in [0.15, 0.2) is 16.9 Å². The molecular weight excluding hydrogens is 407 g/mol. The van der Waals surface area contributed by atoms with Crippen molar-refractivity contribution in [3.63, 3.8) is 0 Å². The Labute approximate surface area is 177 Å². The number of pyridine rings is 1. The average molecular weight is 436 g/mol. The zero-order chi connectivity index (χ0) is 19.3. The van der Waals surface area contributed by atoms with Gasteiger partial charge >= 0.3 is 0 Å². The second kappa shape index (κ2) is 11.2. The predicted molar refractivity (Wildman–Crippen MR) is 118 cm³/mol. The third kappa shape index (κ3) is 5.54. The molecule has 0 aliphatic rings. The lowest BCUT2D eigenvalue weighted by Crippen LogP contribution is -2.27. The molecule has 0 fully saturated rings. The van der Waals surface area contributed by atoms with Crippen molar-refractivity contribution in [1.29, 1.82) is 0 Å². The molecule has 0 aliphatic carbocycles. The largest absolute Gasteiger partial charge is 0.491 e. The smallest absolute Gasteiger partial charge is 0.258 e. The Morgan fingerprint density at radius 1 is 1.07 bits per heavy atom. The Morgan fingerprint density at radius 2 is 1.67 bits per heavy atom. The summed E-state index contributed by atoms with van der Waals surface area (Å²) in [5, 5.41) is 1.94. The summed E-state index contributed by atoms with van der Waals surface area (Å²) in [5.74, 6) is 0.651. The summed E-state index contributed by atoms with van der Waals surface area (Å²) in [6.07, 6.45) is 6.00. The summed E-state index contributed by atoms with van der Waals surface area (Å²) in [6, 6.07) is 3.06. The van der Waals surface area contributed by atoms with Crippen LogP contribution >= 0.6 is 35.6 Å². The van der Waals surface area contributed by atoms with Gasteiger partial charge in [0.05, 0.1) is 27.7 Å². The molecule has 152 valence electrons. The van der Waals surface area contributed by atoms with E-state index in [9.17, 15) is 4.79 Å². The van der Waals surface area contributed by atoms with E-state index in [1.807, 2.05) is 0 Å². The number of hydrogen-bond acceptors (Lipinski definition) is 3. The van der Waals surface area contributed by atoms with Gasteiger partial charge in [0, 0.05) is 18.5 Å². The number of benzene rings is 1. The monoisotopic (exact) mass is 434 g/mol. The van der Waals surface area contributed by atoms with Gasteiger partial charge in [0.2, 0.25) is 0 Å². The molecule has 0 spiro atoms. The molecule has 2 rings (SSSR count). The van der Waals surface area contributed by atoms with E-state index in [4.69, 9.17) is 33.7 Å². The number of fused-ring (bicyclic) bond motifs is 1. The van der Waals surface area contributed by atoms with Crippen molar-refractivity contribution in [2.45, 2.75) is 58.4 Å². The van der Waals surface area contributed by atoms with Crippen LogP contribution in [-0.4, -0.2) is 11.2 Å². The molecule has 7 heteroatoms. The number of rotatable bonds is 9. The molecule has 0 saturated heterocycles. The molecule has 0 aliphatic heterocycles. The van der Waals surface area contributed by atoms with Gasteiger partial charge in [-0.05, 0) is 25.0 Å². The maximum atomic E-state index is 12.9. The van der Waals surface area contributed by atoms with Crippen molar-refractivity contribution in [3.8, 4) is 5.75 Å². The SMILES string of the molecule is CCCCCC(N)c1c(OCCCC)c2cc(Cl)c(Cl)cc2c(=O)n1C.Cl. The second-order valence-corrected chi connectivity index (χ2v) is 7.51. The molecule has 1 atom stereocenters. The van der Waals surface area contributed by atoms with Crippen LogP contribution in [0.3, 0.4) is 0 Å². The summed E-state index contributed by atoms with van der Waals surface area (Å²) in [5.41, 5.74) is 7.06. The van der Waals surface area contributed by atoms with Crippen molar-refractivity contribution in [1.82, 2.24) is 4.57 Å². The highest BCUT2D eigenvalue weighted by molar-refractivity contribution is 6.42. The van der Waals surface area contributed by atoms with Crippen molar-refractivity contribution in [2.24, 2.45) is 12.8 Å². The van der Waals surface area contributed by atoms with Crippen molar-refractivity contribution in [3.05, 3.63) is 38.2 Å². The number of hydrogen-bond donors (Lipinski definition) is 1. The van der Waals surface area contributed by atoms with E-state index in [0.29, 0.717) is 33.2 Å². The molecule has 1 heterocycles. The Hall–Kier alpha value is -0.940. The number of nitrogens with two attached hydrogens (primary N) is 1. The number of nitrogens with zero attached hydrogens (tertiary/aromatic N) is 1. The molecule has 1 unspecified atom stereocenters. The highest BCUT2D eigenvalue weighted by atomic mass is 35.5. The fourth-order valence-electron chi connectivity index (χ4n) is 3.13. The van der Waals surface area contributed by atoms with Crippen LogP contribution in [-0.2, 0) is 7.05 Å². The Balaban J connectivity index is 0.00000364. The van der Waals surface area contributed by atoms with Crippen LogP contribution in [0.2, 0.25) is 10.0 Å². The second-order valence-electron chi connectivity index (χ2n) is 6.69. The van der Waals surface area contributed by atoms with Crippen molar-refractivity contribution >= 4 is 46.4 Å². The van der Waals surface area contributed by atoms with E-state index >= 15 is 0 Å². The molecule has 0 amide bonds. The first-order valence-electron chi connectivity index (χ1n) is 9.32. The Bertz CT molecular complexity index is 821. The van der Waals surface area contributed by atoms with Crippen LogP contribution in [0.25, 0.3) is 10.8 Å². The van der Waals surface area contributed by atoms with E-state index in [1.165, 1.54) is 0 Å². The minimum Gasteiger partial charge on any atom is -0.491 e. The van der Waals surface area contributed by atoms with Gasteiger partial charge < -0.3 is 15.0 Å². The van der Waals surface area contributed by atoms with E-state index in [0.717, 1.165) is 44.2 Å². The summed E-state index contributed by atoms with van der Waals surface area (Å²) >= 11 is 12.4. The first kappa shape index (κ1) is 24.1. The van der Waals surface area contributed by atoms with Gasteiger partial charge in [0.1, 0.15) is 5.75 Å². The predicted octanol–water partition coefficient (Wildman–Crippen LogP) is 6.03. The number of ether oxygens (including phenoxy) is 1. The van der Waals surface area contributed by atoms with Gasteiger partial charge in [0.25, 0.3) is 5.56 Å². The molecule has 0 radical (unpaired) electrons. The number of aromatic nitrogens is 1. The van der Waals surface area contributed by atoms with Crippen LogP contribution in [0, 0.1) is 0 Å². The fraction of sp³-hybridized carbons (Fsp3) is 0.550. The fourth-order valence-corrected chi connectivity index (χ4v) is 3.46. The average Bonchev–Trinajstić information content (AvgIpc) is 2.61. The van der Waals surface area contributed by atoms with Crippen molar-refractivity contribution < 1.29 is 4.74 Å². The maximum Gasteiger partial charge on any atom is 0.258 e. The molecule has 2 N–H and O–H groups in total. The first-order valence-corrected chi connectivity index (χ1v) is 10.1. The zero-order valence-electron chi connectivity index (χ0n) is 16.2. The minimum absolute atomic E-state index is 0. The summed E-state index contributed by atoms with van der Waals surface area (Å²) < 4.78 is 7.71. The van der Waals surface area contributed by atoms with Gasteiger partial charge in [-0.2, -0.15) is 0 Å². The molecule has 27 heavy (non-hydrogen) atoms. The third-order valence-corrected chi connectivity index (χ3v) is 5.37. The first-order chi connectivity index (χ1) is 12.4. The standard InChI is InChI=1S/C20H28Cl2N2O2.ClH/c1-4-6-8-9-17(23)18-19(26-10-7-5-2)13-11-15(21)16(22)12-14(13)20(25)24(18)3;/h11-12,17H,4-10,23H2,1-3H3;1H. The van der Waals surface area contributed by atoms with Gasteiger partial charge in [-0.3, -0.25) is 4.79 Å². The van der Waals surface area contributed by atoms with Gasteiger partial charge in [0.15, 0.2) is 0 Å². The van der Waals surface area contributed by atoms with E-state index in [2.05, 4.69) is 13.8 Å².